The molecular weight excluding hydrogens is 228 g/mol. The van der Waals surface area contributed by atoms with Gasteiger partial charge in [0.2, 0.25) is 5.95 Å². The van der Waals surface area contributed by atoms with Gasteiger partial charge in [0.05, 0.1) is 11.3 Å². The van der Waals surface area contributed by atoms with Crippen molar-refractivity contribution in [1.29, 1.82) is 0 Å². The number of carbonyl (C=O) groups excluding carboxylic acids is 1. The molecule has 0 aliphatic heterocycles. The summed E-state index contributed by atoms with van der Waals surface area (Å²) in [6.07, 6.45) is 10.6. The van der Waals surface area contributed by atoms with Crippen LogP contribution in [-0.4, -0.2) is 26.0 Å². The summed E-state index contributed by atoms with van der Waals surface area (Å²) in [5.74, 6) is 0.917. The molecule has 0 aromatic carbocycles. The molecule has 5 heteroatoms. The van der Waals surface area contributed by atoms with E-state index in [-0.39, 0.29) is 0 Å². The van der Waals surface area contributed by atoms with Crippen LogP contribution in [0.4, 0.5) is 0 Å². The molecule has 0 bridgehead atoms. The molecule has 1 aliphatic rings. The predicted octanol–water partition coefficient (Wildman–Crippen LogP) is 2.13. The molecule has 3 rings (SSSR count). The number of hydrogen-bond acceptors (Lipinski definition) is 4. The lowest BCUT2D eigenvalue weighted by molar-refractivity contribution is 0.112. The second-order valence-electron chi connectivity index (χ2n) is 4.56. The Hall–Kier alpha value is -2.04. The summed E-state index contributed by atoms with van der Waals surface area (Å²) in [4.78, 5) is 19.4. The summed E-state index contributed by atoms with van der Waals surface area (Å²) in [7, 11) is 0. The SMILES string of the molecule is O=Cc1cn(-c2ncccn2)nc1C1CCCC1. The Kier molecular flexibility index (Phi) is 2.88. The fraction of sp³-hybridized carbons (Fsp3) is 0.385. The Balaban J connectivity index is 2.00. The van der Waals surface area contributed by atoms with Gasteiger partial charge in [-0.2, -0.15) is 5.10 Å². The first kappa shape index (κ1) is 11.1. The van der Waals surface area contributed by atoms with Crippen molar-refractivity contribution in [2.24, 2.45) is 0 Å². The Morgan fingerprint density at radius 3 is 2.61 bits per heavy atom. The van der Waals surface area contributed by atoms with Crippen molar-refractivity contribution in [2.45, 2.75) is 31.6 Å². The normalized spacial score (nSPS) is 16.0. The summed E-state index contributed by atoms with van der Waals surface area (Å²) in [6, 6.07) is 1.76. The first-order valence-electron chi connectivity index (χ1n) is 6.20. The van der Waals surface area contributed by atoms with E-state index < -0.39 is 0 Å². The third-order valence-electron chi connectivity index (χ3n) is 3.40. The average Bonchev–Trinajstić information content (AvgIpc) is 3.08. The molecule has 5 nitrogen and oxygen atoms in total. The highest BCUT2D eigenvalue weighted by Gasteiger charge is 2.23. The van der Waals surface area contributed by atoms with Gasteiger partial charge in [-0.1, -0.05) is 12.8 Å². The molecule has 0 radical (unpaired) electrons. The van der Waals surface area contributed by atoms with Gasteiger partial charge in [0.15, 0.2) is 6.29 Å². The maximum atomic E-state index is 11.1. The Labute approximate surface area is 105 Å². The fourth-order valence-corrected chi connectivity index (χ4v) is 2.52. The fourth-order valence-electron chi connectivity index (χ4n) is 2.52. The van der Waals surface area contributed by atoms with Crippen LogP contribution >= 0.6 is 0 Å². The molecular formula is C13H14N4O. The Morgan fingerprint density at radius 2 is 1.94 bits per heavy atom. The highest BCUT2D eigenvalue weighted by atomic mass is 16.1. The lowest BCUT2D eigenvalue weighted by atomic mass is 10.0. The van der Waals surface area contributed by atoms with Gasteiger partial charge < -0.3 is 0 Å². The molecule has 2 aromatic heterocycles. The molecule has 0 saturated heterocycles. The van der Waals surface area contributed by atoms with Crippen molar-refractivity contribution < 1.29 is 4.79 Å². The Bertz CT molecular complexity index is 543. The van der Waals surface area contributed by atoms with E-state index in [0.717, 1.165) is 24.8 Å². The smallest absolute Gasteiger partial charge is 0.250 e. The topological polar surface area (TPSA) is 60.7 Å². The zero-order valence-electron chi connectivity index (χ0n) is 9.99. The molecule has 0 N–H and O–H groups in total. The zero-order chi connectivity index (χ0) is 12.4. The monoisotopic (exact) mass is 242 g/mol. The molecule has 0 unspecified atom stereocenters. The molecule has 1 saturated carbocycles. The van der Waals surface area contributed by atoms with Gasteiger partial charge in [-0.05, 0) is 18.9 Å². The second-order valence-corrected chi connectivity index (χ2v) is 4.56. The highest BCUT2D eigenvalue weighted by Crippen LogP contribution is 2.34. The van der Waals surface area contributed by atoms with E-state index in [4.69, 9.17) is 0 Å². The molecule has 0 atom stereocenters. The van der Waals surface area contributed by atoms with Gasteiger partial charge in [0.25, 0.3) is 0 Å². The first-order valence-corrected chi connectivity index (χ1v) is 6.20. The lowest BCUT2D eigenvalue weighted by Gasteiger charge is -2.05. The molecule has 2 heterocycles. The van der Waals surface area contributed by atoms with Gasteiger partial charge in [-0.15, -0.1) is 0 Å². The first-order chi connectivity index (χ1) is 8.88. The van der Waals surface area contributed by atoms with E-state index in [2.05, 4.69) is 15.1 Å². The van der Waals surface area contributed by atoms with Gasteiger partial charge in [0.1, 0.15) is 0 Å². The van der Waals surface area contributed by atoms with Gasteiger partial charge in [0, 0.05) is 24.5 Å². The maximum absolute atomic E-state index is 11.1. The van der Waals surface area contributed by atoms with Crippen molar-refractivity contribution in [1.82, 2.24) is 19.7 Å². The van der Waals surface area contributed by atoms with Crippen LogP contribution in [0.15, 0.2) is 24.7 Å². The third-order valence-corrected chi connectivity index (χ3v) is 3.40. The quantitative estimate of drug-likeness (QED) is 0.773. The summed E-state index contributed by atoms with van der Waals surface area (Å²) in [6.45, 7) is 0. The van der Waals surface area contributed by atoms with E-state index in [0.29, 0.717) is 17.4 Å². The van der Waals surface area contributed by atoms with Crippen LogP contribution in [0.2, 0.25) is 0 Å². The van der Waals surface area contributed by atoms with E-state index in [1.807, 2.05) is 0 Å². The maximum Gasteiger partial charge on any atom is 0.250 e. The third kappa shape index (κ3) is 1.92. The van der Waals surface area contributed by atoms with Crippen LogP contribution in [0.3, 0.4) is 0 Å². The highest BCUT2D eigenvalue weighted by molar-refractivity contribution is 5.76. The lowest BCUT2D eigenvalue weighted by Crippen LogP contribution is -2.02. The molecule has 1 aliphatic carbocycles. The predicted molar refractivity (Wildman–Crippen MR) is 65.8 cm³/mol. The van der Waals surface area contributed by atoms with Crippen LogP contribution in [-0.2, 0) is 0 Å². The summed E-state index contributed by atoms with van der Waals surface area (Å²) in [5, 5.41) is 4.49. The number of aromatic nitrogens is 4. The van der Waals surface area contributed by atoms with Crippen molar-refractivity contribution in [2.75, 3.05) is 0 Å². The average molecular weight is 242 g/mol. The van der Waals surface area contributed by atoms with Gasteiger partial charge in [-0.3, -0.25) is 4.79 Å². The van der Waals surface area contributed by atoms with E-state index in [9.17, 15) is 4.79 Å². The molecule has 1 fully saturated rings. The van der Waals surface area contributed by atoms with Crippen molar-refractivity contribution in [3.8, 4) is 5.95 Å². The summed E-state index contributed by atoms with van der Waals surface area (Å²) >= 11 is 0. The summed E-state index contributed by atoms with van der Waals surface area (Å²) < 4.78 is 1.59. The van der Waals surface area contributed by atoms with Crippen molar-refractivity contribution in [3.05, 3.63) is 35.9 Å². The molecule has 0 spiro atoms. The van der Waals surface area contributed by atoms with Gasteiger partial charge >= 0.3 is 0 Å². The summed E-state index contributed by atoms with van der Waals surface area (Å²) in [5.41, 5.74) is 1.56. The molecule has 18 heavy (non-hydrogen) atoms. The minimum absolute atomic E-state index is 0.412. The van der Waals surface area contributed by atoms with Crippen molar-refractivity contribution in [3.63, 3.8) is 0 Å². The number of carbonyl (C=O) groups is 1. The number of aldehydes is 1. The van der Waals surface area contributed by atoms with Crippen LogP contribution in [0, 0.1) is 0 Å². The number of rotatable bonds is 3. The molecule has 0 amide bonds. The zero-order valence-corrected chi connectivity index (χ0v) is 9.99. The molecule has 2 aromatic rings. The second kappa shape index (κ2) is 4.68. The van der Waals surface area contributed by atoms with Crippen LogP contribution in [0.25, 0.3) is 5.95 Å². The minimum atomic E-state index is 0.412. The number of nitrogens with zero attached hydrogens (tertiary/aromatic N) is 4. The van der Waals surface area contributed by atoms with E-state index in [1.54, 1.807) is 29.3 Å². The van der Waals surface area contributed by atoms with Gasteiger partial charge in [-0.25, -0.2) is 14.6 Å². The largest absolute Gasteiger partial charge is 0.298 e. The van der Waals surface area contributed by atoms with E-state index in [1.165, 1.54) is 12.8 Å². The van der Waals surface area contributed by atoms with Crippen LogP contribution < -0.4 is 0 Å². The Morgan fingerprint density at radius 1 is 1.22 bits per heavy atom. The minimum Gasteiger partial charge on any atom is -0.298 e. The van der Waals surface area contributed by atoms with Crippen LogP contribution in [0.1, 0.15) is 47.7 Å². The van der Waals surface area contributed by atoms with Crippen molar-refractivity contribution >= 4 is 6.29 Å². The molecule has 92 valence electrons. The van der Waals surface area contributed by atoms with E-state index >= 15 is 0 Å². The number of hydrogen-bond donors (Lipinski definition) is 0. The standard InChI is InChI=1S/C13H14N4O/c18-9-11-8-17(13-14-6-3-7-15-13)16-12(11)10-4-1-2-5-10/h3,6-10H,1-2,4-5H2. The van der Waals surface area contributed by atoms with Crippen LogP contribution in [0.5, 0.6) is 0 Å².